The van der Waals surface area contributed by atoms with Crippen LogP contribution in [0.1, 0.15) is 5.56 Å². The molecule has 0 fully saturated rings. The second-order valence-corrected chi connectivity index (χ2v) is 3.58. The summed E-state index contributed by atoms with van der Waals surface area (Å²) in [5, 5.41) is 0. The molecular formula is C10H10ClF4N. The predicted octanol–water partition coefficient (Wildman–Crippen LogP) is 3.40. The van der Waals surface area contributed by atoms with E-state index in [9.17, 15) is 17.6 Å². The fourth-order valence-electron chi connectivity index (χ4n) is 1.36. The maximum Gasteiger partial charge on any atom is 0.255 e. The molecule has 90 valence electrons. The Hall–Kier alpha value is -0.970. The molecule has 1 aromatic rings. The van der Waals surface area contributed by atoms with Crippen molar-refractivity contribution in [2.24, 2.45) is 0 Å². The Bertz CT molecular complexity index is 347. The quantitative estimate of drug-likeness (QED) is 0.589. The van der Waals surface area contributed by atoms with Crippen LogP contribution >= 0.6 is 11.6 Å². The fourth-order valence-corrected chi connectivity index (χ4v) is 1.51. The first-order valence-corrected chi connectivity index (χ1v) is 5.02. The van der Waals surface area contributed by atoms with Crippen molar-refractivity contribution in [2.45, 2.75) is 12.3 Å². The predicted molar refractivity (Wildman–Crippen MR) is 55.2 cm³/mol. The van der Waals surface area contributed by atoms with E-state index in [-0.39, 0.29) is 11.4 Å². The van der Waals surface area contributed by atoms with Gasteiger partial charge in [0, 0.05) is 12.9 Å². The molecule has 0 aromatic heterocycles. The van der Waals surface area contributed by atoms with E-state index in [1.807, 2.05) is 0 Å². The van der Waals surface area contributed by atoms with E-state index in [2.05, 4.69) is 0 Å². The lowest BCUT2D eigenvalue weighted by molar-refractivity contribution is 0.156. The van der Waals surface area contributed by atoms with E-state index in [0.29, 0.717) is 0 Å². The molecular weight excluding hydrogens is 246 g/mol. The van der Waals surface area contributed by atoms with Crippen LogP contribution in [0.4, 0.5) is 23.2 Å². The molecule has 0 N–H and O–H groups in total. The third-order valence-corrected chi connectivity index (χ3v) is 2.33. The number of nitrogens with zero attached hydrogens (tertiary/aromatic N) is 1. The highest BCUT2D eigenvalue weighted by molar-refractivity contribution is 6.17. The van der Waals surface area contributed by atoms with Crippen LogP contribution in [-0.2, 0) is 5.88 Å². The zero-order valence-corrected chi connectivity index (χ0v) is 9.24. The second-order valence-electron chi connectivity index (χ2n) is 3.31. The van der Waals surface area contributed by atoms with Crippen molar-refractivity contribution in [3.8, 4) is 0 Å². The molecule has 0 bridgehead atoms. The Kier molecular flexibility index (Phi) is 4.41. The van der Waals surface area contributed by atoms with Crippen LogP contribution < -0.4 is 4.90 Å². The Labute approximate surface area is 95.6 Å². The maximum atomic E-state index is 13.4. The van der Waals surface area contributed by atoms with Gasteiger partial charge in [0.25, 0.3) is 6.43 Å². The highest BCUT2D eigenvalue weighted by Gasteiger charge is 2.17. The smallest absolute Gasteiger partial charge is 0.255 e. The van der Waals surface area contributed by atoms with Crippen LogP contribution in [0.5, 0.6) is 0 Å². The van der Waals surface area contributed by atoms with Gasteiger partial charge in [-0.3, -0.25) is 0 Å². The molecule has 16 heavy (non-hydrogen) atoms. The maximum absolute atomic E-state index is 13.4. The van der Waals surface area contributed by atoms with Gasteiger partial charge in [0.2, 0.25) is 0 Å². The van der Waals surface area contributed by atoms with Crippen molar-refractivity contribution in [1.82, 2.24) is 0 Å². The van der Waals surface area contributed by atoms with Crippen molar-refractivity contribution < 1.29 is 17.6 Å². The van der Waals surface area contributed by atoms with Gasteiger partial charge in [-0.15, -0.1) is 11.6 Å². The summed E-state index contributed by atoms with van der Waals surface area (Å²) < 4.78 is 51.0. The molecule has 1 nitrogen and oxygen atoms in total. The first-order chi connectivity index (χ1) is 7.45. The minimum absolute atomic E-state index is 0.0350. The lowest BCUT2D eigenvalue weighted by Gasteiger charge is -2.20. The number of benzene rings is 1. The van der Waals surface area contributed by atoms with Crippen molar-refractivity contribution in [1.29, 1.82) is 0 Å². The number of hydrogen-bond donors (Lipinski definition) is 0. The molecule has 0 atom stereocenters. The molecule has 0 unspecified atom stereocenters. The van der Waals surface area contributed by atoms with Gasteiger partial charge in [0.15, 0.2) is 0 Å². The number of alkyl halides is 3. The molecule has 0 aliphatic heterocycles. The third kappa shape index (κ3) is 3.01. The minimum Gasteiger partial charge on any atom is -0.364 e. The highest BCUT2D eigenvalue weighted by atomic mass is 35.5. The minimum atomic E-state index is -2.66. The normalized spacial score (nSPS) is 10.9. The van der Waals surface area contributed by atoms with E-state index in [1.54, 1.807) is 0 Å². The van der Waals surface area contributed by atoms with Gasteiger partial charge in [0.05, 0.1) is 6.54 Å². The fraction of sp³-hybridized carbons (Fsp3) is 0.400. The Morgan fingerprint density at radius 3 is 2.12 bits per heavy atom. The molecule has 0 saturated heterocycles. The summed E-state index contributed by atoms with van der Waals surface area (Å²) in [5.41, 5.74) is -0.194. The van der Waals surface area contributed by atoms with E-state index in [1.165, 1.54) is 7.05 Å². The van der Waals surface area contributed by atoms with Crippen LogP contribution in [0.15, 0.2) is 12.1 Å². The largest absolute Gasteiger partial charge is 0.364 e. The van der Waals surface area contributed by atoms with E-state index < -0.39 is 30.3 Å². The summed E-state index contributed by atoms with van der Waals surface area (Å²) in [6.45, 7) is -0.728. The number of hydrogen-bond acceptors (Lipinski definition) is 1. The van der Waals surface area contributed by atoms with Crippen molar-refractivity contribution in [3.05, 3.63) is 29.3 Å². The Morgan fingerprint density at radius 1 is 1.25 bits per heavy atom. The van der Waals surface area contributed by atoms with Gasteiger partial charge in [0.1, 0.15) is 17.3 Å². The van der Waals surface area contributed by atoms with E-state index in [4.69, 9.17) is 11.6 Å². The number of anilines is 1. The summed E-state index contributed by atoms with van der Waals surface area (Å²) >= 11 is 5.42. The van der Waals surface area contributed by atoms with Gasteiger partial charge in [-0.2, -0.15) is 0 Å². The molecule has 0 radical (unpaired) electrons. The first kappa shape index (κ1) is 13.1. The average molecular weight is 256 g/mol. The van der Waals surface area contributed by atoms with Gasteiger partial charge in [-0.05, 0) is 17.7 Å². The highest BCUT2D eigenvalue weighted by Crippen LogP contribution is 2.25. The zero-order chi connectivity index (χ0) is 12.3. The molecule has 1 aromatic carbocycles. The molecule has 0 heterocycles. The summed E-state index contributed by atoms with van der Waals surface area (Å²) in [6, 6.07) is 2.07. The SMILES string of the molecule is CN(CC(F)F)c1c(F)cc(CCl)cc1F. The van der Waals surface area contributed by atoms with Gasteiger partial charge < -0.3 is 4.90 Å². The second kappa shape index (κ2) is 5.39. The first-order valence-electron chi connectivity index (χ1n) is 4.49. The van der Waals surface area contributed by atoms with Crippen LogP contribution in [0.25, 0.3) is 0 Å². The number of halogens is 5. The van der Waals surface area contributed by atoms with Crippen molar-refractivity contribution in [2.75, 3.05) is 18.5 Å². The molecule has 6 heteroatoms. The average Bonchev–Trinajstić information content (AvgIpc) is 2.15. The summed E-state index contributed by atoms with van der Waals surface area (Å²) in [7, 11) is 1.20. The van der Waals surface area contributed by atoms with Crippen molar-refractivity contribution >= 4 is 17.3 Å². The van der Waals surface area contributed by atoms with Gasteiger partial charge >= 0.3 is 0 Å². The summed E-state index contributed by atoms with van der Waals surface area (Å²) in [6.07, 6.45) is -2.66. The topological polar surface area (TPSA) is 3.24 Å². The van der Waals surface area contributed by atoms with Gasteiger partial charge in [-0.1, -0.05) is 0 Å². The summed E-state index contributed by atoms with van der Waals surface area (Å²) in [5.74, 6) is -1.82. The molecule has 0 spiro atoms. The van der Waals surface area contributed by atoms with Crippen molar-refractivity contribution in [3.63, 3.8) is 0 Å². The Morgan fingerprint density at radius 2 is 1.75 bits per heavy atom. The molecule has 0 aliphatic rings. The third-order valence-electron chi connectivity index (χ3n) is 2.02. The lowest BCUT2D eigenvalue weighted by Crippen LogP contribution is -2.26. The van der Waals surface area contributed by atoms with Crippen LogP contribution in [0.3, 0.4) is 0 Å². The van der Waals surface area contributed by atoms with E-state index >= 15 is 0 Å². The van der Waals surface area contributed by atoms with E-state index in [0.717, 1.165) is 17.0 Å². The zero-order valence-electron chi connectivity index (χ0n) is 8.48. The van der Waals surface area contributed by atoms with Crippen LogP contribution in [0, 0.1) is 11.6 Å². The number of rotatable bonds is 4. The van der Waals surface area contributed by atoms with Crippen LogP contribution in [-0.4, -0.2) is 20.0 Å². The lowest BCUT2D eigenvalue weighted by atomic mass is 10.2. The molecule has 1 rings (SSSR count). The molecule has 0 aliphatic carbocycles. The Balaban J connectivity index is 3.04. The van der Waals surface area contributed by atoms with Gasteiger partial charge in [-0.25, -0.2) is 17.6 Å². The monoisotopic (exact) mass is 255 g/mol. The van der Waals surface area contributed by atoms with Crippen LogP contribution in [0.2, 0.25) is 0 Å². The summed E-state index contributed by atoms with van der Waals surface area (Å²) in [4.78, 5) is 0.841. The molecule has 0 amide bonds. The molecule has 0 saturated carbocycles. The standard InChI is InChI=1S/C10H10ClF4N/c1-16(5-9(14)15)10-7(12)2-6(4-11)3-8(10)13/h2-3,9H,4-5H2,1H3.